The molecule has 3 aromatic carbocycles. The van der Waals surface area contributed by atoms with Crippen molar-refractivity contribution < 1.29 is 57.4 Å². The van der Waals surface area contributed by atoms with Gasteiger partial charge in [0, 0.05) is 72.5 Å². The van der Waals surface area contributed by atoms with Gasteiger partial charge in [-0.15, -0.1) is 0 Å². The first-order valence-electron chi connectivity index (χ1n) is 29.9. The lowest BCUT2D eigenvalue weighted by molar-refractivity contribution is -0.147. The van der Waals surface area contributed by atoms with E-state index >= 15 is 0 Å². The van der Waals surface area contributed by atoms with Crippen molar-refractivity contribution in [1.29, 1.82) is 0 Å². The number of H-pyrrole nitrogens is 1. The molecule has 0 aliphatic carbocycles. The summed E-state index contributed by atoms with van der Waals surface area (Å²) >= 11 is 3.19. The minimum absolute atomic E-state index is 0.0413. The molecule has 470 valence electrons. The molecule has 9 atom stereocenters. The first-order valence-corrected chi connectivity index (χ1v) is 32.2. The first kappa shape index (κ1) is 67.1. The quantitative estimate of drug-likeness (QED) is 0.121. The second kappa shape index (κ2) is 32.5. The Hall–Kier alpha value is -7.44. The van der Waals surface area contributed by atoms with Crippen molar-refractivity contribution in [2.24, 2.45) is 0 Å². The fourth-order valence-electron chi connectivity index (χ4n) is 10.8. The van der Waals surface area contributed by atoms with Crippen molar-refractivity contribution in [2.75, 3.05) is 31.7 Å². The van der Waals surface area contributed by atoms with Gasteiger partial charge in [-0.05, 0) is 125 Å². The van der Waals surface area contributed by atoms with Crippen molar-refractivity contribution >= 4 is 87.6 Å². The number of nitrogens with one attached hydrogen (secondary N) is 9. The summed E-state index contributed by atoms with van der Waals surface area (Å²) in [5.41, 5.74) is 2.47. The molecule has 0 spiro atoms. The summed E-state index contributed by atoms with van der Waals surface area (Å²) in [5, 5.41) is 33.8. The van der Waals surface area contributed by atoms with E-state index in [4.69, 9.17) is 4.74 Å². The molecule has 0 saturated carbocycles. The zero-order chi connectivity index (χ0) is 62.6. The number of amides is 9. The number of allylic oxidation sites excluding steroid dienone is 2. The smallest absolute Gasteiger partial charge is 0.246 e. The summed E-state index contributed by atoms with van der Waals surface area (Å²) in [6.07, 6.45) is 7.40. The molecule has 9 amide bonds. The van der Waals surface area contributed by atoms with E-state index in [1.807, 2.05) is 30.4 Å². The van der Waals surface area contributed by atoms with Crippen LogP contribution in [0.1, 0.15) is 114 Å². The number of methoxy groups -OCH3 is 1. The molecule has 21 nitrogen and oxygen atoms in total. The monoisotopic (exact) mass is 1240 g/mol. The molecule has 0 radical (unpaired) electrons. The summed E-state index contributed by atoms with van der Waals surface area (Å²) < 4.78 is 20.1. The van der Waals surface area contributed by atoms with Crippen molar-refractivity contribution in [3.05, 3.63) is 113 Å². The van der Waals surface area contributed by atoms with E-state index in [1.54, 1.807) is 60.9 Å². The molecule has 10 N–H and O–H groups in total. The fourth-order valence-corrected chi connectivity index (χ4v) is 12.5. The number of halogens is 1. The van der Waals surface area contributed by atoms with E-state index in [-0.39, 0.29) is 50.5 Å². The second-order valence-corrected chi connectivity index (χ2v) is 24.9. The number of aromatic nitrogens is 1. The van der Waals surface area contributed by atoms with Gasteiger partial charge in [0.25, 0.3) is 0 Å². The lowest BCUT2D eigenvalue weighted by Gasteiger charge is -2.37. The maximum atomic E-state index is 15.0. The highest BCUT2D eigenvalue weighted by molar-refractivity contribution is 7.98. The summed E-state index contributed by atoms with van der Waals surface area (Å²) in [5.74, 6) is -3.67. The average Bonchev–Trinajstić information content (AvgIpc) is 1.96. The highest BCUT2D eigenvalue weighted by Crippen LogP contribution is 2.31. The number of hydrogen-bond acceptors (Lipinski definition) is 13. The molecule has 1 aromatic heterocycles. The van der Waals surface area contributed by atoms with Crippen LogP contribution in [-0.4, -0.2) is 154 Å². The van der Waals surface area contributed by atoms with E-state index in [0.717, 1.165) is 11.1 Å². The maximum Gasteiger partial charge on any atom is 0.246 e. The molecule has 1 fully saturated rings. The topological polar surface area (TPSA) is 298 Å². The standard InChI is InChI=1S/C63H83FN10O11S2/c1-38-55(77)68-39(2)56(78)69-49-17-11-9-7-6-8-10-12-18-50(70-59(81)51(71-57(49)79)33-44-35-66-48-24-21-45(64)34-47(44)48)58(80)73-54(40(3)75)60(82)72-52(32-41-19-22-46(85-5)23-20-41)61(83)74-28-14-26-63(74,4)62(84)65-27-30-87-37-43-16-13-15-42(31-43)36-86-29-25-53(76)67-38/h7,9,13,15-16,19-24,31,34-35,38-40,49-52,54,66,75H,6,8,10-12,14,17-18,25-30,32-33,36-37H2,1-5H3,(H,65,84)(H,67,76)(H,68,77)(H,69,78)(H,70,81)(H,71,79)(H,72,82)(H,73,80)/b9-7-/t38-,39+,40+,49-,50-,51-,52-,54-,63-/m0/s1. The Balaban J connectivity index is 1.19. The number of aliphatic hydroxyl groups excluding tert-OH is 1. The Labute approximate surface area is 515 Å². The van der Waals surface area contributed by atoms with Crippen molar-refractivity contribution in [1.82, 2.24) is 52.4 Å². The van der Waals surface area contributed by atoms with Crippen LogP contribution < -0.4 is 47.3 Å². The number of nitrogens with zero attached hydrogens (tertiary/aromatic N) is 1. The van der Waals surface area contributed by atoms with Crippen LogP contribution >= 0.6 is 23.5 Å². The van der Waals surface area contributed by atoms with E-state index in [9.17, 15) is 52.6 Å². The maximum absolute atomic E-state index is 15.0. The van der Waals surface area contributed by atoms with Crippen molar-refractivity contribution in [3.63, 3.8) is 0 Å². The Bertz CT molecular complexity index is 3110. The number of aliphatic hydroxyl groups is 1. The van der Waals surface area contributed by atoms with E-state index in [2.05, 4.69) is 53.6 Å². The minimum atomic E-state index is -1.67. The number of aromatic amines is 1. The predicted molar refractivity (Wildman–Crippen MR) is 332 cm³/mol. The highest BCUT2D eigenvalue weighted by atomic mass is 32.2. The summed E-state index contributed by atoms with van der Waals surface area (Å²) in [6, 6.07) is 9.83. The average molecular weight is 1240 g/mol. The van der Waals surface area contributed by atoms with Crippen molar-refractivity contribution in [2.45, 2.75) is 170 Å². The van der Waals surface area contributed by atoms with Crippen molar-refractivity contribution in [3.8, 4) is 5.75 Å². The molecule has 3 aliphatic heterocycles. The molecule has 7 rings (SSSR count). The normalized spacial score (nSPS) is 26.5. The van der Waals surface area contributed by atoms with Crippen LogP contribution in [0.4, 0.5) is 4.39 Å². The number of thioether (sulfide) groups is 2. The number of benzene rings is 3. The molecule has 24 heteroatoms. The number of hydrogen-bond donors (Lipinski definition) is 10. The first-order chi connectivity index (χ1) is 41.7. The predicted octanol–water partition coefficient (Wildman–Crippen LogP) is 4.28. The van der Waals surface area contributed by atoms with Gasteiger partial charge in [-0.3, -0.25) is 43.2 Å². The van der Waals surface area contributed by atoms with Gasteiger partial charge in [0.1, 0.15) is 59.4 Å². The second-order valence-electron chi connectivity index (χ2n) is 22.7. The highest BCUT2D eigenvalue weighted by Gasteiger charge is 2.48. The van der Waals surface area contributed by atoms with Crippen LogP contribution in [0.15, 0.2) is 85.1 Å². The van der Waals surface area contributed by atoms with Crippen LogP contribution in [0, 0.1) is 5.82 Å². The Kier molecular flexibility index (Phi) is 25.1. The third kappa shape index (κ3) is 19.3. The summed E-state index contributed by atoms with van der Waals surface area (Å²) in [4.78, 5) is 133. The molecule has 4 heterocycles. The zero-order valence-electron chi connectivity index (χ0n) is 50.1. The van der Waals surface area contributed by atoms with Gasteiger partial charge >= 0.3 is 0 Å². The van der Waals surface area contributed by atoms with E-state index < -0.39 is 101 Å². The zero-order valence-corrected chi connectivity index (χ0v) is 51.7. The Morgan fingerprint density at radius 3 is 2.09 bits per heavy atom. The van der Waals surface area contributed by atoms with Crippen LogP contribution in [0.3, 0.4) is 0 Å². The fraction of sp³-hybridized carbons (Fsp3) is 0.508. The number of ether oxygens (including phenoxy) is 1. The van der Waals surface area contributed by atoms with Gasteiger partial charge < -0.3 is 62.3 Å². The molecule has 87 heavy (non-hydrogen) atoms. The lowest BCUT2D eigenvalue weighted by Crippen LogP contribution is -2.63. The lowest BCUT2D eigenvalue weighted by atomic mass is 9.95. The number of carbonyl (C=O) groups is 9. The largest absolute Gasteiger partial charge is 0.497 e. The van der Waals surface area contributed by atoms with E-state index in [1.165, 1.54) is 51.0 Å². The van der Waals surface area contributed by atoms with Gasteiger partial charge in [-0.25, -0.2) is 4.39 Å². The molecule has 0 unspecified atom stereocenters. The molecule has 1 saturated heterocycles. The summed E-state index contributed by atoms with van der Waals surface area (Å²) in [7, 11) is 1.52. The van der Waals surface area contributed by atoms with Crippen LogP contribution in [0.25, 0.3) is 10.9 Å². The van der Waals surface area contributed by atoms with E-state index in [0.29, 0.717) is 102 Å². The molecule has 4 bridgehead atoms. The van der Waals surface area contributed by atoms with Gasteiger partial charge in [0.15, 0.2) is 0 Å². The minimum Gasteiger partial charge on any atom is -0.497 e. The molecule has 3 aliphatic rings. The van der Waals surface area contributed by atoms with Gasteiger partial charge in [0.2, 0.25) is 53.2 Å². The van der Waals surface area contributed by atoms with Gasteiger partial charge in [-0.1, -0.05) is 61.4 Å². The van der Waals surface area contributed by atoms with Gasteiger partial charge in [-0.2, -0.15) is 23.5 Å². The van der Waals surface area contributed by atoms with Crippen LogP contribution in [0.2, 0.25) is 0 Å². The molecule has 4 aromatic rings. The summed E-state index contributed by atoms with van der Waals surface area (Å²) in [6.45, 7) is 6.46. The van der Waals surface area contributed by atoms with Crippen LogP contribution in [-0.2, 0) is 67.5 Å². The third-order valence-electron chi connectivity index (χ3n) is 15.9. The third-order valence-corrected chi connectivity index (χ3v) is 18.0. The molecular formula is C63H83FN10O11S2. The number of fused-ring (bicyclic) bond motifs is 10. The van der Waals surface area contributed by atoms with Crippen LogP contribution in [0.5, 0.6) is 5.75 Å². The Morgan fingerprint density at radius 2 is 1.36 bits per heavy atom. The number of rotatable bonds is 6. The number of carbonyl (C=O) groups excluding carboxylic acids is 9. The Morgan fingerprint density at radius 1 is 0.690 bits per heavy atom. The molecular weight excluding hydrogens is 1160 g/mol. The van der Waals surface area contributed by atoms with Gasteiger partial charge in [0.05, 0.1) is 13.2 Å². The SMILES string of the molecule is COc1ccc(C[C@@H]2NC(=O)[C@H]([C@@H](C)O)NC(=O)[C@@H]3CCCCC/C=C\CC[C@H](NC(=O)[C@@H](C)NC(=O)[C@H](C)NC(=O)CCSCc4cccc(c4)CSCCNC(=O)[C@]4(C)CCCN4C2=O)C(=O)N[C@@H](Cc2c[nH]c4ccc(F)cc24)C(=O)N3)cc1.